The summed E-state index contributed by atoms with van der Waals surface area (Å²) in [6.45, 7) is 2.14. The van der Waals surface area contributed by atoms with E-state index < -0.39 is 17.9 Å². The number of carboxylic acids is 1. The number of hydrogen-bond acceptors (Lipinski definition) is 4. The van der Waals surface area contributed by atoms with E-state index in [0.29, 0.717) is 23.8 Å². The summed E-state index contributed by atoms with van der Waals surface area (Å²) in [5.74, 6) is -1.17. The number of rotatable bonds is 7. The van der Waals surface area contributed by atoms with Crippen molar-refractivity contribution in [1.82, 2.24) is 5.32 Å². The van der Waals surface area contributed by atoms with Crippen LogP contribution < -0.4 is 15.0 Å². The zero-order valence-electron chi connectivity index (χ0n) is 15.0. The van der Waals surface area contributed by atoms with E-state index in [-0.39, 0.29) is 24.8 Å². The molecule has 140 valence electrons. The van der Waals surface area contributed by atoms with Gasteiger partial charge in [0, 0.05) is 13.0 Å². The van der Waals surface area contributed by atoms with Crippen LogP contribution in [-0.2, 0) is 14.4 Å². The summed E-state index contributed by atoms with van der Waals surface area (Å²) in [5, 5.41) is 11.9. The molecule has 26 heavy (non-hydrogen) atoms. The second kappa shape index (κ2) is 7.35. The van der Waals surface area contributed by atoms with E-state index in [4.69, 9.17) is 4.74 Å². The number of nitrogens with one attached hydrogen (secondary N) is 1. The van der Waals surface area contributed by atoms with Crippen molar-refractivity contribution in [3.63, 3.8) is 0 Å². The van der Waals surface area contributed by atoms with Crippen molar-refractivity contribution in [2.75, 3.05) is 18.6 Å². The van der Waals surface area contributed by atoms with Gasteiger partial charge >= 0.3 is 5.97 Å². The van der Waals surface area contributed by atoms with Crippen LogP contribution in [0.1, 0.15) is 31.2 Å². The van der Waals surface area contributed by atoms with Gasteiger partial charge in [0.1, 0.15) is 11.8 Å². The monoisotopic (exact) mass is 360 g/mol. The first-order valence-corrected chi connectivity index (χ1v) is 8.87. The van der Waals surface area contributed by atoms with Crippen molar-refractivity contribution in [2.24, 2.45) is 11.8 Å². The van der Waals surface area contributed by atoms with Crippen molar-refractivity contribution in [1.29, 1.82) is 0 Å². The van der Waals surface area contributed by atoms with Crippen LogP contribution in [0.4, 0.5) is 5.69 Å². The molecule has 3 rings (SSSR count). The normalized spacial score (nSPS) is 20.8. The molecule has 1 aromatic carbocycles. The van der Waals surface area contributed by atoms with Crippen LogP contribution in [0.3, 0.4) is 0 Å². The molecule has 1 saturated heterocycles. The number of hydrogen-bond donors (Lipinski definition) is 2. The molecule has 0 aromatic heterocycles. The number of carboxylic acid groups (broad SMARTS) is 1. The third-order valence-electron chi connectivity index (χ3n) is 5.00. The van der Waals surface area contributed by atoms with Crippen LogP contribution in [0.15, 0.2) is 18.2 Å². The van der Waals surface area contributed by atoms with Gasteiger partial charge < -0.3 is 20.1 Å². The molecule has 2 amide bonds. The fraction of sp³-hybridized carbons (Fsp3) is 0.526. The molecule has 1 aliphatic carbocycles. The molecule has 7 heteroatoms. The number of methoxy groups -OCH3 is 1. The van der Waals surface area contributed by atoms with Gasteiger partial charge in [0.05, 0.1) is 18.7 Å². The van der Waals surface area contributed by atoms with E-state index in [9.17, 15) is 19.5 Å². The van der Waals surface area contributed by atoms with Gasteiger partial charge in [0.15, 0.2) is 0 Å². The zero-order chi connectivity index (χ0) is 18.8. The van der Waals surface area contributed by atoms with Gasteiger partial charge in [-0.3, -0.25) is 9.59 Å². The molecule has 2 aliphatic rings. The molecule has 0 bridgehead atoms. The summed E-state index contributed by atoms with van der Waals surface area (Å²) >= 11 is 0. The van der Waals surface area contributed by atoms with Crippen LogP contribution in [0.5, 0.6) is 5.75 Å². The number of carbonyl (C=O) groups is 3. The van der Waals surface area contributed by atoms with Gasteiger partial charge in [-0.05, 0) is 37.0 Å². The number of benzene rings is 1. The Morgan fingerprint density at radius 2 is 2.12 bits per heavy atom. The first-order chi connectivity index (χ1) is 12.4. The molecule has 1 aliphatic heterocycles. The van der Waals surface area contributed by atoms with E-state index in [2.05, 4.69) is 5.32 Å². The lowest BCUT2D eigenvalue weighted by Crippen LogP contribution is -2.44. The fourth-order valence-corrected chi connectivity index (χ4v) is 3.32. The Morgan fingerprint density at radius 1 is 1.38 bits per heavy atom. The lowest BCUT2D eigenvalue weighted by Gasteiger charge is -2.21. The number of anilines is 1. The number of aliphatic carboxylic acids is 1. The molecular formula is C19H24N2O5. The van der Waals surface area contributed by atoms with Gasteiger partial charge in [0.25, 0.3) is 0 Å². The Kier molecular flexibility index (Phi) is 5.15. The molecule has 2 N–H and O–H groups in total. The molecule has 1 saturated carbocycles. The lowest BCUT2D eigenvalue weighted by atomic mass is 10.1. The highest BCUT2D eigenvalue weighted by Gasteiger charge is 2.38. The number of amides is 2. The van der Waals surface area contributed by atoms with E-state index in [1.165, 1.54) is 7.11 Å². The molecule has 2 atom stereocenters. The lowest BCUT2D eigenvalue weighted by molar-refractivity contribution is -0.142. The second-order valence-electron chi connectivity index (χ2n) is 7.16. The Bertz CT molecular complexity index is 729. The number of aryl methyl sites for hydroxylation is 1. The summed E-state index contributed by atoms with van der Waals surface area (Å²) in [6.07, 6.45) is 2.56. The van der Waals surface area contributed by atoms with E-state index in [1.54, 1.807) is 11.0 Å². The van der Waals surface area contributed by atoms with Crippen LogP contribution in [0, 0.1) is 18.8 Å². The summed E-state index contributed by atoms with van der Waals surface area (Å²) < 4.78 is 5.33. The number of ether oxygens (including phenoxy) is 1. The Labute approximate surface area is 152 Å². The Balaban J connectivity index is 1.69. The second-order valence-corrected chi connectivity index (χ2v) is 7.16. The van der Waals surface area contributed by atoms with Crippen LogP contribution in [-0.4, -0.2) is 42.6 Å². The predicted octanol–water partition coefficient (Wildman–Crippen LogP) is 1.73. The van der Waals surface area contributed by atoms with Crippen LogP contribution >= 0.6 is 0 Å². The molecule has 7 nitrogen and oxygen atoms in total. The smallest absolute Gasteiger partial charge is 0.326 e. The van der Waals surface area contributed by atoms with Crippen molar-refractivity contribution in [3.05, 3.63) is 23.8 Å². The van der Waals surface area contributed by atoms with Crippen LogP contribution in [0.2, 0.25) is 0 Å². The highest BCUT2D eigenvalue weighted by Crippen LogP contribution is 2.35. The summed E-state index contributed by atoms with van der Waals surface area (Å²) in [6, 6.07) is 4.65. The SMILES string of the molecule is COc1ccc(C)cc1N1CC(C(=O)NC(CC2CC2)C(=O)O)CC1=O. The van der Waals surface area contributed by atoms with Crippen molar-refractivity contribution in [2.45, 2.75) is 38.6 Å². The van der Waals surface area contributed by atoms with Gasteiger partial charge in [-0.15, -0.1) is 0 Å². The van der Waals surface area contributed by atoms with Gasteiger partial charge in [-0.2, -0.15) is 0 Å². The minimum Gasteiger partial charge on any atom is -0.495 e. The molecule has 1 heterocycles. The van der Waals surface area contributed by atoms with Gasteiger partial charge in [0.2, 0.25) is 11.8 Å². The first kappa shape index (κ1) is 18.2. The van der Waals surface area contributed by atoms with Gasteiger partial charge in [-0.1, -0.05) is 18.9 Å². The third-order valence-corrected chi connectivity index (χ3v) is 5.00. The molecule has 0 spiro atoms. The maximum atomic E-state index is 12.5. The molecule has 0 radical (unpaired) electrons. The summed E-state index contributed by atoms with van der Waals surface area (Å²) in [4.78, 5) is 37.9. The third kappa shape index (κ3) is 3.98. The molecular weight excluding hydrogens is 336 g/mol. The van der Waals surface area contributed by atoms with E-state index in [1.807, 2.05) is 19.1 Å². The van der Waals surface area contributed by atoms with Crippen molar-refractivity contribution in [3.8, 4) is 5.75 Å². The maximum absolute atomic E-state index is 12.5. The minimum absolute atomic E-state index is 0.0682. The maximum Gasteiger partial charge on any atom is 0.326 e. The number of carbonyl (C=O) groups excluding carboxylic acids is 2. The standard InChI is InChI=1S/C19H24N2O5/c1-11-3-6-16(26-2)15(7-11)21-10-13(9-17(21)22)18(23)20-14(19(24)25)8-12-4-5-12/h3,6-7,12-14H,4-5,8-10H2,1-2H3,(H,20,23)(H,24,25). The van der Waals surface area contributed by atoms with Crippen LogP contribution in [0.25, 0.3) is 0 Å². The highest BCUT2D eigenvalue weighted by molar-refractivity contribution is 6.01. The quantitative estimate of drug-likeness (QED) is 0.772. The summed E-state index contributed by atoms with van der Waals surface area (Å²) in [7, 11) is 1.54. The van der Waals surface area contributed by atoms with E-state index >= 15 is 0 Å². The highest BCUT2D eigenvalue weighted by atomic mass is 16.5. The molecule has 1 aromatic rings. The van der Waals surface area contributed by atoms with E-state index in [0.717, 1.165) is 18.4 Å². The van der Waals surface area contributed by atoms with Crippen molar-refractivity contribution < 1.29 is 24.2 Å². The largest absolute Gasteiger partial charge is 0.495 e. The van der Waals surface area contributed by atoms with Crippen molar-refractivity contribution >= 4 is 23.5 Å². The average Bonchev–Trinajstić information content (AvgIpc) is 3.33. The zero-order valence-corrected chi connectivity index (χ0v) is 15.0. The number of nitrogens with zero attached hydrogens (tertiary/aromatic N) is 1. The Hall–Kier alpha value is -2.57. The topological polar surface area (TPSA) is 95.9 Å². The Morgan fingerprint density at radius 3 is 2.73 bits per heavy atom. The molecule has 2 fully saturated rings. The predicted molar refractivity (Wildman–Crippen MR) is 95.1 cm³/mol. The van der Waals surface area contributed by atoms with Gasteiger partial charge in [-0.25, -0.2) is 4.79 Å². The average molecular weight is 360 g/mol. The molecule has 2 unspecified atom stereocenters. The fourth-order valence-electron chi connectivity index (χ4n) is 3.32. The summed E-state index contributed by atoms with van der Waals surface area (Å²) in [5.41, 5.74) is 1.62. The first-order valence-electron chi connectivity index (χ1n) is 8.87. The minimum atomic E-state index is -1.02.